The van der Waals surface area contributed by atoms with Crippen LogP contribution in [0.2, 0.25) is 0 Å². The predicted octanol–water partition coefficient (Wildman–Crippen LogP) is 1.73. The molecule has 2 nitrogen and oxygen atoms in total. The monoisotopic (exact) mass is 163 g/mol. The molecule has 0 saturated carbocycles. The van der Waals surface area contributed by atoms with Crippen LogP contribution >= 0.6 is 0 Å². The molecule has 0 heterocycles. The van der Waals surface area contributed by atoms with Gasteiger partial charge < -0.3 is 0 Å². The highest BCUT2D eigenvalue weighted by Gasteiger charge is 2.17. The van der Waals surface area contributed by atoms with Gasteiger partial charge in [-0.15, -0.1) is 0 Å². The van der Waals surface area contributed by atoms with E-state index >= 15 is 0 Å². The Bertz CT molecular complexity index is 315. The number of halogens is 1. The van der Waals surface area contributed by atoms with Crippen molar-refractivity contribution in [3.8, 4) is 6.07 Å². The summed E-state index contributed by atoms with van der Waals surface area (Å²) in [6, 6.07) is 9.17. The summed E-state index contributed by atoms with van der Waals surface area (Å²) < 4.78 is 12.5. The Morgan fingerprint density at radius 2 is 2.00 bits per heavy atom. The van der Waals surface area contributed by atoms with Crippen molar-refractivity contribution in [3.63, 3.8) is 0 Å². The number of hydrogen-bond acceptors (Lipinski definition) is 2. The molecule has 1 atom stereocenters. The lowest BCUT2D eigenvalue weighted by atomic mass is 10.1. The summed E-state index contributed by atoms with van der Waals surface area (Å²) >= 11 is 0. The zero-order chi connectivity index (χ0) is 8.97. The SMILES string of the molecule is N#C[C@@H](F)C(=O)c1ccccc1. The van der Waals surface area contributed by atoms with Gasteiger partial charge in [0.2, 0.25) is 12.0 Å². The van der Waals surface area contributed by atoms with Gasteiger partial charge in [0.15, 0.2) is 0 Å². The quantitative estimate of drug-likeness (QED) is 0.623. The van der Waals surface area contributed by atoms with Gasteiger partial charge in [-0.2, -0.15) is 5.26 Å². The second-order valence-electron chi connectivity index (χ2n) is 2.22. The molecule has 0 aromatic heterocycles. The average Bonchev–Trinajstić information content (AvgIpc) is 2.17. The van der Waals surface area contributed by atoms with E-state index in [4.69, 9.17) is 5.26 Å². The van der Waals surface area contributed by atoms with Crippen LogP contribution in [0.4, 0.5) is 4.39 Å². The molecule has 1 aromatic rings. The summed E-state index contributed by atoms with van der Waals surface area (Å²) in [7, 11) is 0. The number of alkyl halides is 1. The van der Waals surface area contributed by atoms with Crippen molar-refractivity contribution in [2.24, 2.45) is 0 Å². The first-order valence-electron chi connectivity index (χ1n) is 3.38. The molecular formula is C9H6FNO. The molecular weight excluding hydrogens is 157 g/mol. The minimum absolute atomic E-state index is 0.228. The summed E-state index contributed by atoms with van der Waals surface area (Å²) in [5.74, 6) is -0.780. The van der Waals surface area contributed by atoms with Crippen LogP contribution in [-0.4, -0.2) is 12.0 Å². The molecule has 3 heteroatoms. The molecule has 0 radical (unpaired) electrons. The Balaban J connectivity index is 2.88. The number of benzene rings is 1. The van der Waals surface area contributed by atoms with E-state index in [1.54, 1.807) is 18.2 Å². The highest BCUT2D eigenvalue weighted by molar-refractivity contribution is 6.00. The predicted molar refractivity (Wildman–Crippen MR) is 41.3 cm³/mol. The normalized spacial score (nSPS) is 11.7. The van der Waals surface area contributed by atoms with Crippen molar-refractivity contribution in [2.75, 3.05) is 0 Å². The van der Waals surface area contributed by atoms with Crippen molar-refractivity contribution in [1.29, 1.82) is 5.26 Å². The number of ketones is 1. The maximum Gasteiger partial charge on any atom is 0.248 e. The van der Waals surface area contributed by atoms with E-state index in [2.05, 4.69) is 0 Å². The summed E-state index contributed by atoms with van der Waals surface area (Å²) in [6.07, 6.45) is -2.05. The van der Waals surface area contributed by atoms with Crippen LogP contribution in [0.5, 0.6) is 0 Å². The largest absolute Gasteiger partial charge is 0.290 e. The van der Waals surface area contributed by atoms with Crippen LogP contribution in [0.25, 0.3) is 0 Å². The molecule has 0 spiro atoms. The van der Waals surface area contributed by atoms with Gasteiger partial charge in [-0.3, -0.25) is 4.79 Å². The molecule has 0 amide bonds. The smallest absolute Gasteiger partial charge is 0.248 e. The van der Waals surface area contributed by atoms with Gasteiger partial charge in [0.1, 0.15) is 6.07 Å². The number of hydrogen-bond donors (Lipinski definition) is 0. The van der Waals surface area contributed by atoms with Gasteiger partial charge in [-0.25, -0.2) is 4.39 Å². The molecule has 60 valence electrons. The fraction of sp³-hybridized carbons (Fsp3) is 0.111. The minimum Gasteiger partial charge on any atom is -0.290 e. The first-order chi connectivity index (χ1) is 5.75. The molecule has 12 heavy (non-hydrogen) atoms. The van der Waals surface area contributed by atoms with Crippen LogP contribution in [0.15, 0.2) is 30.3 Å². The van der Waals surface area contributed by atoms with Gasteiger partial charge >= 0.3 is 0 Å². The van der Waals surface area contributed by atoms with E-state index in [0.717, 1.165) is 0 Å². The molecule has 0 aliphatic carbocycles. The topological polar surface area (TPSA) is 40.9 Å². The van der Waals surface area contributed by atoms with Crippen LogP contribution in [-0.2, 0) is 0 Å². The van der Waals surface area contributed by atoms with E-state index in [0.29, 0.717) is 0 Å². The lowest BCUT2D eigenvalue weighted by Crippen LogP contribution is -2.12. The second-order valence-corrected chi connectivity index (χ2v) is 2.22. The fourth-order valence-corrected chi connectivity index (χ4v) is 0.807. The molecule has 0 unspecified atom stereocenters. The van der Waals surface area contributed by atoms with Crippen LogP contribution in [0.1, 0.15) is 10.4 Å². The van der Waals surface area contributed by atoms with Gasteiger partial charge in [0, 0.05) is 5.56 Å². The molecule has 0 fully saturated rings. The zero-order valence-electron chi connectivity index (χ0n) is 6.20. The van der Waals surface area contributed by atoms with E-state index in [1.165, 1.54) is 18.2 Å². The number of carbonyl (C=O) groups is 1. The third kappa shape index (κ3) is 1.67. The second kappa shape index (κ2) is 3.63. The highest BCUT2D eigenvalue weighted by Crippen LogP contribution is 2.04. The summed E-state index contributed by atoms with van der Waals surface area (Å²) in [6.45, 7) is 0. The lowest BCUT2D eigenvalue weighted by Gasteiger charge is -1.97. The van der Waals surface area contributed by atoms with E-state index in [1.807, 2.05) is 0 Å². The summed E-state index contributed by atoms with van der Waals surface area (Å²) in [5.41, 5.74) is 0.228. The maximum atomic E-state index is 12.5. The first kappa shape index (κ1) is 8.41. The zero-order valence-corrected chi connectivity index (χ0v) is 6.20. The number of Topliss-reactive ketones (excluding diaryl/α,β-unsaturated/α-hetero) is 1. The summed E-state index contributed by atoms with van der Waals surface area (Å²) in [4.78, 5) is 11.0. The molecule has 0 saturated heterocycles. The Morgan fingerprint density at radius 3 is 2.50 bits per heavy atom. The standard InChI is InChI=1S/C9H6FNO/c10-8(6-11)9(12)7-4-2-1-3-5-7/h1-5,8H/t8-/m1/s1. The lowest BCUT2D eigenvalue weighted by molar-refractivity contribution is 0.0918. The van der Waals surface area contributed by atoms with Crippen molar-refractivity contribution >= 4 is 5.78 Å². The third-order valence-electron chi connectivity index (χ3n) is 1.40. The molecule has 0 aliphatic rings. The van der Waals surface area contributed by atoms with Gasteiger partial charge in [-0.05, 0) is 0 Å². The molecule has 1 aromatic carbocycles. The van der Waals surface area contributed by atoms with Crippen LogP contribution in [0, 0.1) is 11.3 Å². The highest BCUT2D eigenvalue weighted by atomic mass is 19.1. The van der Waals surface area contributed by atoms with E-state index < -0.39 is 12.0 Å². The molecule has 0 aliphatic heterocycles. The Kier molecular flexibility index (Phi) is 2.54. The maximum absolute atomic E-state index is 12.5. The fourth-order valence-electron chi connectivity index (χ4n) is 0.807. The Morgan fingerprint density at radius 1 is 1.42 bits per heavy atom. The molecule has 1 rings (SSSR count). The Labute approximate surface area is 69.2 Å². The Hall–Kier alpha value is -1.69. The van der Waals surface area contributed by atoms with Crippen molar-refractivity contribution in [3.05, 3.63) is 35.9 Å². The average molecular weight is 163 g/mol. The molecule has 0 bridgehead atoms. The van der Waals surface area contributed by atoms with Gasteiger partial charge in [-0.1, -0.05) is 30.3 Å². The molecule has 0 N–H and O–H groups in total. The number of carbonyl (C=O) groups excluding carboxylic acids is 1. The number of nitrogens with zero attached hydrogens (tertiary/aromatic N) is 1. The number of rotatable bonds is 2. The van der Waals surface area contributed by atoms with Crippen molar-refractivity contribution in [2.45, 2.75) is 6.17 Å². The van der Waals surface area contributed by atoms with Crippen LogP contribution in [0.3, 0.4) is 0 Å². The van der Waals surface area contributed by atoms with E-state index in [-0.39, 0.29) is 5.56 Å². The van der Waals surface area contributed by atoms with Crippen LogP contribution < -0.4 is 0 Å². The van der Waals surface area contributed by atoms with Gasteiger partial charge in [0.25, 0.3) is 0 Å². The third-order valence-corrected chi connectivity index (χ3v) is 1.40. The van der Waals surface area contributed by atoms with Crippen molar-refractivity contribution in [1.82, 2.24) is 0 Å². The summed E-state index contributed by atoms with van der Waals surface area (Å²) in [5, 5.41) is 8.12. The van der Waals surface area contributed by atoms with E-state index in [9.17, 15) is 9.18 Å². The van der Waals surface area contributed by atoms with Crippen molar-refractivity contribution < 1.29 is 9.18 Å². The van der Waals surface area contributed by atoms with Gasteiger partial charge in [0.05, 0.1) is 0 Å². The number of nitriles is 1. The first-order valence-corrected chi connectivity index (χ1v) is 3.38. The minimum atomic E-state index is -2.05.